The second-order valence-electron chi connectivity index (χ2n) is 4.65. The monoisotopic (exact) mass is 309 g/mol. The first-order valence-corrected chi connectivity index (χ1v) is 6.98. The van der Waals surface area contributed by atoms with Crippen LogP contribution in [0.15, 0.2) is 18.2 Å². The third-order valence-electron chi connectivity index (χ3n) is 3.34. The summed E-state index contributed by atoms with van der Waals surface area (Å²) in [5.41, 5.74) is 0.885. The third kappa shape index (κ3) is 3.00. The van der Waals surface area contributed by atoms with E-state index in [-0.39, 0.29) is 24.1 Å². The molecule has 0 aliphatic carbocycles. The van der Waals surface area contributed by atoms with Gasteiger partial charge in [-0.3, -0.25) is 19.3 Å². The van der Waals surface area contributed by atoms with Gasteiger partial charge in [-0.25, -0.2) is 0 Å². The maximum absolute atomic E-state index is 12.0. The van der Waals surface area contributed by atoms with E-state index in [4.69, 9.17) is 11.6 Å². The number of likely N-dealkylation sites (N-methyl/N-ethyl adjacent to an activating group) is 1. The molecule has 1 aromatic carbocycles. The normalized spacial score (nSPS) is 18.0. The highest BCUT2D eigenvalue weighted by atomic mass is 35.5. The molecule has 3 amide bonds. The molecule has 1 aliphatic heterocycles. The first-order valence-electron chi connectivity index (χ1n) is 6.60. The summed E-state index contributed by atoms with van der Waals surface area (Å²) in [5, 5.41) is 5.80. The minimum absolute atomic E-state index is 0.116. The topological polar surface area (TPSA) is 78.5 Å². The van der Waals surface area contributed by atoms with Crippen molar-refractivity contribution in [3.63, 3.8) is 0 Å². The zero-order chi connectivity index (χ0) is 15.6. The molecule has 1 saturated heterocycles. The standard InChI is InChI=1S/C14H16ClN3O3/c1-3-18-12(19)7-11(14(18)21)17-8-4-5-10(15)9(6-8)13(20)16-2/h4-6,11,17H,3,7H2,1-2H3,(H,16,20). The molecule has 6 nitrogen and oxygen atoms in total. The van der Waals surface area contributed by atoms with Gasteiger partial charge in [0, 0.05) is 19.3 Å². The number of hydrogen-bond donors (Lipinski definition) is 2. The van der Waals surface area contributed by atoms with Gasteiger partial charge in [0.2, 0.25) is 5.91 Å². The van der Waals surface area contributed by atoms with Crippen LogP contribution in [0.3, 0.4) is 0 Å². The zero-order valence-corrected chi connectivity index (χ0v) is 12.5. The first-order chi connectivity index (χ1) is 9.97. The summed E-state index contributed by atoms with van der Waals surface area (Å²) >= 11 is 5.97. The maximum atomic E-state index is 12.0. The summed E-state index contributed by atoms with van der Waals surface area (Å²) in [4.78, 5) is 36.6. The second-order valence-corrected chi connectivity index (χ2v) is 5.06. The van der Waals surface area contributed by atoms with Crippen LogP contribution in [-0.4, -0.2) is 42.3 Å². The van der Waals surface area contributed by atoms with Crippen LogP contribution in [0.5, 0.6) is 0 Å². The SMILES string of the molecule is CCN1C(=O)CC(Nc2ccc(Cl)c(C(=O)NC)c2)C1=O. The van der Waals surface area contributed by atoms with Crippen LogP contribution in [0.25, 0.3) is 0 Å². The van der Waals surface area contributed by atoms with Crippen molar-refractivity contribution >= 4 is 35.0 Å². The van der Waals surface area contributed by atoms with E-state index in [2.05, 4.69) is 10.6 Å². The number of nitrogens with one attached hydrogen (secondary N) is 2. The largest absolute Gasteiger partial charge is 0.373 e. The number of rotatable bonds is 4. The maximum Gasteiger partial charge on any atom is 0.252 e. The summed E-state index contributed by atoms with van der Waals surface area (Å²) in [6.45, 7) is 2.12. The van der Waals surface area contributed by atoms with Crippen LogP contribution in [-0.2, 0) is 9.59 Å². The summed E-state index contributed by atoms with van der Waals surface area (Å²) in [5.74, 6) is -0.757. The Kier molecular flexibility index (Phi) is 4.47. The predicted octanol–water partition coefficient (Wildman–Crippen LogP) is 1.26. The molecule has 2 rings (SSSR count). The molecule has 2 N–H and O–H groups in total. The number of nitrogens with zero attached hydrogens (tertiary/aromatic N) is 1. The highest BCUT2D eigenvalue weighted by molar-refractivity contribution is 6.34. The lowest BCUT2D eigenvalue weighted by atomic mass is 10.1. The average Bonchev–Trinajstić information content (AvgIpc) is 2.74. The number of carbonyl (C=O) groups is 3. The van der Waals surface area contributed by atoms with Crippen molar-refractivity contribution in [3.05, 3.63) is 28.8 Å². The highest BCUT2D eigenvalue weighted by Crippen LogP contribution is 2.23. The van der Waals surface area contributed by atoms with Gasteiger partial charge in [-0.15, -0.1) is 0 Å². The van der Waals surface area contributed by atoms with Gasteiger partial charge >= 0.3 is 0 Å². The molecule has 1 aliphatic rings. The van der Waals surface area contributed by atoms with Crippen molar-refractivity contribution < 1.29 is 14.4 Å². The number of hydrogen-bond acceptors (Lipinski definition) is 4. The molecule has 0 saturated carbocycles. The van der Waals surface area contributed by atoms with E-state index in [0.29, 0.717) is 22.8 Å². The number of benzene rings is 1. The molecule has 21 heavy (non-hydrogen) atoms. The summed E-state index contributed by atoms with van der Waals surface area (Å²) in [7, 11) is 1.51. The first kappa shape index (κ1) is 15.3. The summed E-state index contributed by atoms with van der Waals surface area (Å²) < 4.78 is 0. The van der Waals surface area contributed by atoms with Crippen molar-refractivity contribution in [3.8, 4) is 0 Å². The van der Waals surface area contributed by atoms with Crippen LogP contribution in [0.1, 0.15) is 23.7 Å². The minimum atomic E-state index is -0.601. The smallest absolute Gasteiger partial charge is 0.252 e. The number of carbonyl (C=O) groups excluding carboxylic acids is 3. The van der Waals surface area contributed by atoms with Gasteiger partial charge in [0.15, 0.2) is 0 Å². The molecule has 1 unspecified atom stereocenters. The molecule has 1 atom stereocenters. The lowest BCUT2D eigenvalue weighted by Crippen LogP contribution is -2.34. The fraction of sp³-hybridized carbons (Fsp3) is 0.357. The van der Waals surface area contributed by atoms with E-state index < -0.39 is 6.04 Å². The molecule has 112 valence electrons. The Hall–Kier alpha value is -2.08. The van der Waals surface area contributed by atoms with Crippen molar-refractivity contribution in [2.45, 2.75) is 19.4 Å². The van der Waals surface area contributed by atoms with Crippen LogP contribution in [0.4, 0.5) is 5.69 Å². The van der Waals surface area contributed by atoms with Crippen LogP contribution >= 0.6 is 11.6 Å². The molecule has 1 heterocycles. The number of amides is 3. The van der Waals surface area contributed by atoms with Crippen molar-refractivity contribution in [2.75, 3.05) is 18.9 Å². The Balaban J connectivity index is 2.19. The predicted molar refractivity (Wildman–Crippen MR) is 79.3 cm³/mol. The molecule has 1 aromatic rings. The number of anilines is 1. The fourth-order valence-electron chi connectivity index (χ4n) is 2.25. The summed E-state index contributed by atoms with van der Waals surface area (Å²) in [6.07, 6.45) is 0.116. The van der Waals surface area contributed by atoms with Crippen molar-refractivity contribution in [1.82, 2.24) is 10.2 Å². The van der Waals surface area contributed by atoms with E-state index >= 15 is 0 Å². The van der Waals surface area contributed by atoms with Crippen LogP contribution in [0.2, 0.25) is 5.02 Å². The fourth-order valence-corrected chi connectivity index (χ4v) is 2.46. The van der Waals surface area contributed by atoms with E-state index in [9.17, 15) is 14.4 Å². The Morgan fingerprint density at radius 2 is 2.14 bits per heavy atom. The number of imide groups is 1. The van der Waals surface area contributed by atoms with Gasteiger partial charge in [-0.1, -0.05) is 11.6 Å². The highest BCUT2D eigenvalue weighted by Gasteiger charge is 2.37. The van der Waals surface area contributed by atoms with Gasteiger partial charge in [-0.2, -0.15) is 0 Å². The molecule has 0 bridgehead atoms. The van der Waals surface area contributed by atoms with E-state index in [0.717, 1.165) is 0 Å². The quantitative estimate of drug-likeness (QED) is 0.821. The van der Waals surface area contributed by atoms with Crippen molar-refractivity contribution in [1.29, 1.82) is 0 Å². The minimum Gasteiger partial charge on any atom is -0.373 e. The Bertz CT molecular complexity index is 603. The lowest BCUT2D eigenvalue weighted by Gasteiger charge is -2.15. The molecule has 0 aromatic heterocycles. The Labute approximate surface area is 127 Å². The van der Waals surface area contributed by atoms with E-state index in [1.54, 1.807) is 25.1 Å². The van der Waals surface area contributed by atoms with Gasteiger partial charge in [0.1, 0.15) is 6.04 Å². The molecule has 1 fully saturated rings. The van der Waals surface area contributed by atoms with Gasteiger partial charge in [-0.05, 0) is 25.1 Å². The Morgan fingerprint density at radius 1 is 1.43 bits per heavy atom. The zero-order valence-electron chi connectivity index (χ0n) is 11.8. The molecular weight excluding hydrogens is 294 g/mol. The number of likely N-dealkylation sites (tertiary alicyclic amines) is 1. The summed E-state index contributed by atoms with van der Waals surface area (Å²) in [6, 6.07) is 4.21. The van der Waals surface area contributed by atoms with E-state index in [1.165, 1.54) is 11.9 Å². The molecule has 7 heteroatoms. The molecule has 0 spiro atoms. The number of halogens is 1. The van der Waals surface area contributed by atoms with Crippen molar-refractivity contribution in [2.24, 2.45) is 0 Å². The van der Waals surface area contributed by atoms with Crippen LogP contribution in [0, 0.1) is 0 Å². The second kappa shape index (κ2) is 6.13. The van der Waals surface area contributed by atoms with Crippen LogP contribution < -0.4 is 10.6 Å². The molecule has 0 radical (unpaired) electrons. The van der Waals surface area contributed by atoms with Gasteiger partial charge in [0.05, 0.1) is 17.0 Å². The average molecular weight is 310 g/mol. The Morgan fingerprint density at radius 3 is 2.71 bits per heavy atom. The van der Waals surface area contributed by atoms with Gasteiger partial charge in [0.25, 0.3) is 11.8 Å². The molecular formula is C14H16ClN3O3. The third-order valence-corrected chi connectivity index (χ3v) is 3.67. The lowest BCUT2D eigenvalue weighted by molar-refractivity contribution is -0.138. The van der Waals surface area contributed by atoms with E-state index in [1.807, 2.05) is 0 Å². The van der Waals surface area contributed by atoms with Gasteiger partial charge < -0.3 is 10.6 Å².